The van der Waals surface area contributed by atoms with Crippen LogP contribution >= 0.6 is 0 Å². The number of hydrogen-bond donors (Lipinski definition) is 1. The summed E-state index contributed by atoms with van der Waals surface area (Å²) in [5.74, 6) is -0.647. The highest BCUT2D eigenvalue weighted by molar-refractivity contribution is 5.92. The number of rotatable bonds is 3. The number of fused-ring (bicyclic) bond motifs is 1. The largest absolute Gasteiger partial charge is 0.347 e. The predicted molar refractivity (Wildman–Crippen MR) is 77.5 cm³/mol. The summed E-state index contributed by atoms with van der Waals surface area (Å²) in [4.78, 5) is 16.2. The predicted octanol–water partition coefficient (Wildman–Crippen LogP) is 2.71. The quantitative estimate of drug-likeness (QED) is 0.803. The lowest BCUT2D eigenvalue weighted by Crippen LogP contribution is -2.23. The van der Waals surface area contributed by atoms with Crippen molar-refractivity contribution in [1.82, 2.24) is 14.7 Å². The Morgan fingerprint density at radius 3 is 2.71 bits per heavy atom. The maximum atomic E-state index is 13.1. The van der Waals surface area contributed by atoms with Gasteiger partial charge < -0.3 is 9.72 Å². The summed E-state index contributed by atoms with van der Waals surface area (Å²) in [6, 6.07) is 10.8. The molecule has 0 unspecified atom stereocenters. The van der Waals surface area contributed by atoms with Crippen LogP contribution in [0.5, 0.6) is 0 Å². The summed E-state index contributed by atoms with van der Waals surface area (Å²) in [5, 5.41) is 2.80. The Kier molecular flexibility index (Phi) is 3.39. The topological polar surface area (TPSA) is 46.4 Å². The Labute approximate surface area is 121 Å². The van der Waals surface area contributed by atoms with Crippen LogP contribution in [0.1, 0.15) is 21.6 Å². The van der Waals surface area contributed by atoms with Crippen molar-refractivity contribution in [3.8, 4) is 0 Å². The van der Waals surface area contributed by atoms with Gasteiger partial charge in [-0.05, 0) is 24.6 Å². The van der Waals surface area contributed by atoms with Crippen molar-refractivity contribution in [1.29, 1.82) is 0 Å². The zero-order valence-corrected chi connectivity index (χ0v) is 11.5. The number of benzene rings is 1. The number of aryl methyl sites for hydroxylation is 1. The molecule has 0 saturated carbocycles. The fourth-order valence-electron chi connectivity index (χ4n) is 2.05. The Morgan fingerprint density at radius 1 is 1.19 bits per heavy atom. The van der Waals surface area contributed by atoms with E-state index in [2.05, 4.69) is 10.3 Å². The first kappa shape index (κ1) is 13.3. The molecule has 2 heterocycles. The van der Waals surface area contributed by atoms with E-state index in [0.717, 1.165) is 5.56 Å². The number of amides is 1. The molecule has 5 heteroatoms. The summed E-state index contributed by atoms with van der Waals surface area (Å²) < 4.78 is 14.6. The summed E-state index contributed by atoms with van der Waals surface area (Å²) in [5.41, 5.74) is 3.00. The summed E-state index contributed by atoms with van der Waals surface area (Å²) >= 11 is 0. The van der Waals surface area contributed by atoms with Gasteiger partial charge in [0.2, 0.25) is 0 Å². The van der Waals surface area contributed by atoms with Gasteiger partial charge in [-0.2, -0.15) is 0 Å². The monoisotopic (exact) mass is 283 g/mol. The van der Waals surface area contributed by atoms with E-state index in [0.29, 0.717) is 12.2 Å². The zero-order valence-electron chi connectivity index (χ0n) is 11.5. The number of halogens is 1. The second-order valence-electron chi connectivity index (χ2n) is 4.91. The minimum Gasteiger partial charge on any atom is -0.347 e. The molecule has 106 valence electrons. The SMILES string of the molecule is Cc1ccc(CNC(=O)c2cn3cc(F)ccc3n2)cc1. The first-order chi connectivity index (χ1) is 10.1. The van der Waals surface area contributed by atoms with Crippen molar-refractivity contribution < 1.29 is 9.18 Å². The number of aromatic nitrogens is 2. The highest BCUT2D eigenvalue weighted by atomic mass is 19.1. The van der Waals surface area contributed by atoms with Gasteiger partial charge in [0, 0.05) is 18.9 Å². The third kappa shape index (κ3) is 2.91. The van der Waals surface area contributed by atoms with Crippen LogP contribution in [0.3, 0.4) is 0 Å². The van der Waals surface area contributed by atoms with E-state index in [-0.39, 0.29) is 17.4 Å². The minimum absolute atomic E-state index is 0.271. The molecule has 0 aliphatic rings. The van der Waals surface area contributed by atoms with E-state index < -0.39 is 0 Å². The lowest BCUT2D eigenvalue weighted by atomic mass is 10.1. The molecule has 0 aliphatic heterocycles. The number of carbonyl (C=O) groups excluding carboxylic acids is 1. The molecule has 0 spiro atoms. The van der Waals surface area contributed by atoms with Crippen LogP contribution in [0.25, 0.3) is 5.65 Å². The Morgan fingerprint density at radius 2 is 1.95 bits per heavy atom. The molecule has 3 aromatic rings. The number of imidazole rings is 1. The lowest BCUT2D eigenvalue weighted by molar-refractivity contribution is 0.0946. The van der Waals surface area contributed by atoms with Crippen molar-refractivity contribution in [3.63, 3.8) is 0 Å². The molecular formula is C16H14FN3O. The summed E-state index contributed by atoms with van der Waals surface area (Å²) in [7, 11) is 0. The Hall–Kier alpha value is -2.69. The van der Waals surface area contributed by atoms with E-state index in [9.17, 15) is 9.18 Å². The molecule has 0 atom stereocenters. The van der Waals surface area contributed by atoms with Gasteiger partial charge in [0.1, 0.15) is 17.2 Å². The number of carbonyl (C=O) groups is 1. The third-order valence-electron chi connectivity index (χ3n) is 3.22. The molecule has 21 heavy (non-hydrogen) atoms. The van der Waals surface area contributed by atoms with Gasteiger partial charge in [-0.15, -0.1) is 0 Å². The first-order valence-corrected chi connectivity index (χ1v) is 6.60. The Bertz CT molecular complexity index is 793. The second kappa shape index (κ2) is 5.36. The zero-order chi connectivity index (χ0) is 14.8. The first-order valence-electron chi connectivity index (χ1n) is 6.60. The molecule has 0 bridgehead atoms. The van der Waals surface area contributed by atoms with Crippen molar-refractivity contribution in [3.05, 3.63) is 71.4 Å². The van der Waals surface area contributed by atoms with Crippen LogP contribution in [-0.2, 0) is 6.54 Å². The average molecular weight is 283 g/mol. The maximum Gasteiger partial charge on any atom is 0.271 e. The minimum atomic E-state index is -0.369. The van der Waals surface area contributed by atoms with E-state index >= 15 is 0 Å². The average Bonchev–Trinajstić information content (AvgIpc) is 2.89. The summed E-state index contributed by atoms with van der Waals surface area (Å²) in [6.07, 6.45) is 2.81. The van der Waals surface area contributed by atoms with Gasteiger partial charge in [-0.1, -0.05) is 29.8 Å². The van der Waals surface area contributed by atoms with Gasteiger partial charge in [-0.3, -0.25) is 4.79 Å². The maximum absolute atomic E-state index is 13.1. The van der Waals surface area contributed by atoms with Crippen LogP contribution in [0.15, 0.2) is 48.8 Å². The fourth-order valence-corrected chi connectivity index (χ4v) is 2.05. The molecule has 1 amide bonds. The fraction of sp³-hybridized carbons (Fsp3) is 0.125. The van der Waals surface area contributed by atoms with Crippen LogP contribution in [0, 0.1) is 12.7 Å². The van der Waals surface area contributed by atoms with E-state index in [1.54, 1.807) is 0 Å². The Balaban J connectivity index is 1.73. The van der Waals surface area contributed by atoms with Gasteiger partial charge in [0.15, 0.2) is 0 Å². The van der Waals surface area contributed by atoms with Gasteiger partial charge in [0.05, 0.1) is 0 Å². The third-order valence-corrected chi connectivity index (χ3v) is 3.22. The van der Waals surface area contributed by atoms with Crippen molar-refractivity contribution in [2.45, 2.75) is 13.5 Å². The van der Waals surface area contributed by atoms with Gasteiger partial charge >= 0.3 is 0 Å². The molecule has 1 aromatic carbocycles. The summed E-state index contributed by atoms with van der Waals surface area (Å²) in [6.45, 7) is 2.44. The van der Waals surface area contributed by atoms with Crippen LogP contribution in [-0.4, -0.2) is 15.3 Å². The highest BCUT2D eigenvalue weighted by Gasteiger charge is 2.10. The van der Waals surface area contributed by atoms with Crippen LogP contribution < -0.4 is 5.32 Å². The number of pyridine rings is 1. The van der Waals surface area contributed by atoms with Crippen LogP contribution in [0.4, 0.5) is 4.39 Å². The van der Waals surface area contributed by atoms with Crippen molar-refractivity contribution >= 4 is 11.6 Å². The highest BCUT2D eigenvalue weighted by Crippen LogP contribution is 2.08. The molecule has 1 N–H and O–H groups in total. The molecule has 2 aromatic heterocycles. The second-order valence-corrected chi connectivity index (χ2v) is 4.91. The van der Waals surface area contributed by atoms with E-state index in [1.165, 1.54) is 34.5 Å². The number of hydrogen-bond acceptors (Lipinski definition) is 2. The number of nitrogens with one attached hydrogen (secondary N) is 1. The van der Waals surface area contributed by atoms with Gasteiger partial charge in [0.25, 0.3) is 5.91 Å². The standard InChI is InChI=1S/C16H14FN3O/c1-11-2-4-12(5-3-11)8-18-16(21)14-10-20-9-13(17)6-7-15(20)19-14/h2-7,9-10H,8H2,1H3,(H,18,21). The van der Waals surface area contributed by atoms with Gasteiger partial charge in [-0.25, -0.2) is 9.37 Å². The normalized spacial score (nSPS) is 10.8. The molecule has 0 radical (unpaired) electrons. The number of nitrogens with zero attached hydrogens (tertiary/aromatic N) is 2. The smallest absolute Gasteiger partial charge is 0.271 e. The molecule has 0 aliphatic carbocycles. The molecule has 0 fully saturated rings. The van der Waals surface area contributed by atoms with E-state index in [4.69, 9.17) is 0 Å². The molecular weight excluding hydrogens is 269 g/mol. The van der Waals surface area contributed by atoms with Crippen molar-refractivity contribution in [2.75, 3.05) is 0 Å². The molecule has 4 nitrogen and oxygen atoms in total. The van der Waals surface area contributed by atoms with Crippen LogP contribution in [0.2, 0.25) is 0 Å². The molecule has 3 rings (SSSR count). The van der Waals surface area contributed by atoms with Crippen molar-refractivity contribution in [2.24, 2.45) is 0 Å². The lowest BCUT2D eigenvalue weighted by Gasteiger charge is -2.03. The molecule has 0 saturated heterocycles. The van der Waals surface area contributed by atoms with E-state index in [1.807, 2.05) is 31.2 Å².